The Balaban J connectivity index is 1.39. The molecular formula is C19H26ClN3O2. The lowest BCUT2D eigenvalue weighted by Crippen LogP contribution is -2.45. The molecule has 3 rings (SSSR count). The second kappa shape index (κ2) is 8.19. The van der Waals surface area contributed by atoms with Crippen LogP contribution in [0.1, 0.15) is 44.2 Å². The summed E-state index contributed by atoms with van der Waals surface area (Å²) in [5, 5.41) is 6.80. The lowest BCUT2D eigenvalue weighted by atomic mass is 9.96. The number of nitrogens with zero attached hydrogens (tertiary/aromatic N) is 1. The van der Waals surface area contributed by atoms with E-state index in [-0.39, 0.29) is 23.8 Å². The Morgan fingerprint density at radius 1 is 1.16 bits per heavy atom. The SMILES string of the molecule is CC(NC(=O)CN1CCC(C(=O)NC2CC2)CC1)c1ccc(Cl)cc1. The Kier molecular flexibility index (Phi) is 5.97. The van der Waals surface area contributed by atoms with Gasteiger partial charge in [-0.1, -0.05) is 23.7 Å². The predicted octanol–water partition coefficient (Wildman–Crippen LogP) is 2.51. The third-order valence-corrected chi connectivity index (χ3v) is 5.25. The molecule has 1 aromatic rings. The van der Waals surface area contributed by atoms with Gasteiger partial charge < -0.3 is 10.6 Å². The molecule has 1 saturated carbocycles. The van der Waals surface area contributed by atoms with Crippen LogP contribution in [-0.4, -0.2) is 42.4 Å². The summed E-state index contributed by atoms with van der Waals surface area (Å²) < 4.78 is 0. The molecule has 25 heavy (non-hydrogen) atoms. The molecule has 0 aromatic heterocycles. The maximum atomic E-state index is 12.3. The van der Waals surface area contributed by atoms with Gasteiger partial charge in [0.25, 0.3) is 0 Å². The van der Waals surface area contributed by atoms with E-state index in [4.69, 9.17) is 11.6 Å². The Morgan fingerprint density at radius 3 is 2.40 bits per heavy atom. The zero-order valence-electron chi connectivity index (χ0n) is 14.6. The highest BCUT2D eigenvalue weighted by atomic mass is 35.5. The van der Waals surface area contributed by atoms with Gasteiger partial charge in [-0.3, -0.25) is 14.5 Å². The van der Waals surface area contributed by atoms with Crippen molar-refractivity contribution in [1.82, 2.24) is 15.5 Å². The van der Waals surface area contributed by atoms with Gasteiger partial charge in [0.15, 0.2) is 0 Å². The molecule has 2 fully saturated rings. The van der Waals surface area contributed by atoms with Gasteiger partial charge in [-0.15, -0.1) is 0 Å². The summed E-state index contributed by atoms with van der Waals surface area (Å²) in [6.45, 7) is 3.95. The van der Waals surface area contributed by atoms with Gasteiger partial charge in [0, 0.05) is 17.0 Å². The first-order valence-corrected chi connectivity index (χ1v) is 9.46. The number of amides is 2. The fraction of sp³-hybridized carbons (Fsp3) is 0.579. The van der Waals surface area contributed by atoms with E-state index in [9.17, 15) is 9.59 Å². The number of benzene rings is 1. The van der Waals surface area contributed by atoms with Gasteiger partial charge in [-0.05, 0) is 63.4 Å². The van der Waals surface area contributed by atoms with Crippen molar-refractivity contribution in [2.75, 3.05) is 19.6 Å². The van der Waals surface area contributed by atoms with E-state index in [2.05, 4.69) is 15.5 Å². The predicted molar refractivity (Wildman–Crippen MR) is 98.3 cm³/mol. The molecule has 1 saturated heterocycles. The summed E-state index contributed by atoms with van der Waals surface area (Å²) in [4.78, 5) is 26.5. The average molecular weight is 364 g/mol. The van der Waals surface area contributed by atoms with Gasteiger partial charge in [0.2, 0.25) is 11.8 Å². The van der Waals surface area contributed by atoms with Crippen molar-refractivity contribution in [2.24, 2.45) is 5.92 Å². The van der Waals surface area contributed by atoms with Gasteiger partial charge in [-0.25, -0.2) is 0 Å². The average Bonchev–Trinajstić information content (AvgIpc) is 3.40. The molecule has 1 unspecified atom stereocenters. The molecule has 2 amide bonds. The van der Waals surface area contributed by atoms with E-state index >= 15 is 0 Å². The summed E-state index contributed by atoms with van der Waals surface area (Å²) in [6, 6.07) is 7.89. The number of piperidine rings is 1. The van der Waals surface area contributed by atoms with Crippen LogP contribution in [0.4, 0.5) is 0 Å². The normalized spacial score (nSPS) is 20.1. The molecule has 1 aromatic carbocycles. The zero-order chi connectivity index (χ0) is 17.8. The maximum absolute atomic E-state index is 12.3. The Bertz CT molecular complexity index is 608. The van der Waals surface area contributed by atoms with Crippen molar-refractivity contribution in [3.8, 4) is 0 Å². The molecule has 1 atom stereocenters. The first-order chi connectivity index (χ1) is 12.0. The highest BCUT2D eigenvalue weighted by Gasteiger charge is 2.30. The molecular weight excluding hydrogens is 338 g/mol. The number of nitrogens with one attached hydrogen (secondary N) is 2. The molecule has 136 valence electrons. The zero-order valence-corrected chi connectivity index (χ0v) is 15.4. The molecule has 0 spiro atoms. The van der Waals surface area contributed by atoms with Crippen molar-refractivity contribution in [1.29, 1.82) is 0 Å². The van der Waals surface area contributed by atoms with E-state index in [0.29, 0.717) is 17.6 Å². The van der Waals surface area contributed by atoms with Gasteiger partial charge in [0.05, 0.1) is 12.6 Å². The Labute approximate surface area is 154 Å². The van der Waals surface area contributed by atoms with Crippen molar-refractivity contribution in [3.63, 3.8) is 0 Å². The fourth-order valence-corrected chi connectivity index (χ4v) is 3.35. The van der Waals surface area contributed by atoms with Gasteiger partial charge in [0.1, 0.15) is 0 Å². The summed E-state index contributed by atoms with van der Waals surface area (Å²) in [7, 11) is 0. The molecule has 5 nitrogen and oxygen atoms in total. The van der Waals surface area contributed by atoms with Crippen LogP contribution in [0.3, 0.4) is 0 Å². The Morgan fingerprint density at radius 2 is 1.80 bits per heavy atom. The molecule has 6 heteroatoms. The number of hydrogen-bond acceptors (Lipinski definition) is 3. The molecule has 2 aliphatic rings. The van der Waals surface area contributed by atoms with E-state index in [1.165, 1.54) is 0 Å². The standard InChI is InChI=1S/C19H26ClN3O2/c1-13(14-2-4-16(20)5-3-14)21-18(24)12-23-10-8-15(9-11-23)19(25)22-17-6-7-17/h2-5,13,15,17H,6-12H2,1H3,(H,21,24)(H,22,25). The monoisotopic (exact) mass is 363 g/mol. The molecule has 0 bridgehead atoms. The minimum Gasteiger partial charge on any atom is -0.353 e. The second-order valence-corrected chi connectivity index (χ2v) is 7.61. The number of carbonyl (C=O) groups is 2. The van der Waals surface area contributed by atoms with Crippen molar-refractivity contribution in [2.45, 2.75) is 44.7 Å². The minimum absolute atomic E-state index is 0.0170. The largest absolute Gasteiger partial charge is 0.353 e. The van der Waals surface area contributed by atoms with Crippen molar-refractivity contribution < 1.29 is 9.59 Å². The Hall–Kier alpha value is -1.59. The minimum atomic E-state index is -0.0494. The summed E-state index contributed by atoms with van der Waals surface area (Å²) >= 11 is 5.89. The smallest absolute Gasteiger partial charge is 0.234 e. The molecule has 0 radical (unpaired) electrons. The highest BCUT2D eigenvalue weighted by molar-refractivity contribution is 6.30. The molecule has 1 aliphatic carbocycles. The number of likely N-dealkylation sites (tertiary alicyclic amines) is 1. The van der Waals surface area contributed by atoms with Crippen LogP contribution in [-0.2, 0) is 9.59 Å². The lowest BCUT2D eigenvalue weighted by Gasteiger charge is -2.31. The highest BCUT2D eigenvalue weighted by Crippen LogP contribution is 2.22. The van der Waals surface area contributed by atoms with E-state index in [1.807, 2.05) is 31.2 Å². The van der Waals surface area contributed by atoms with Crippen LogP contribution in [0.15, 0.2) is 24.3 Å². The topological polar surface area (TPSA) is 61.4 Å². The van der Waals surface area contributed by atoms with E-state index < -0.39 is 0 Å². The van der Waals surface area contributed by atoms with E-state index in [0.717, 1.165) is 44.3 Å². The second-order valence-electron chi connectivity index (χ2n) is 7.17. The lowest BCUT2D eigenvalue weighted by molar-refractivity contribution is -0.127. The molecule has 1 heterocycles. The number of halogens is 1. The summed E-state index contributed by atoms with van der Waals surface area (Å²) in [5.74, 6) is 0.319. The van der Waals surface area contributed by atoms with Crippen LogP contribution >= 0.6 is 11.6 Å². The fourth-order valence-electron chi connectivity index (χ4n) is 3.22. The number of carbonyl (C=O) groups excluding carboxylic acids is 2. The summed E-state index contributed by atoms with van der Waals surface area (Å²) in [6.07, 6.45) is 3.91. The summed E-state index contributed by atoms with van der Waals surface area (Å²) in [5.41, 5.74) is 1.04. The van der Waals surface area contributed by atoms with E-state index in [1.54, 1.807) is 0 Å². The van der Waals surface area contributed by atoms with Crippen molar-refractivity contribution >= 4 is 23.4 Å². The number of rotatable bonds is 6. The van der Waals surface area contributed by atoms with Crippen LogP contribution in [0, 0.1) is 5.92 Å². The third kappa shape index (κ3) is 5.44. The van der Waals surface area contributed by atoms with Crippen LogP contribution in [0.25, 0.3) is 0 Å². The van der Waals surface area contributed by atoms with Gasteiger partial charge in [-0.2, -0.15) is 0 Å². The van der Waals surface area contributed by atoms with Crippen molar-refractivity contribution in [3.05, 3.63) is 34.9 Å². The molecule has 2 N–H and O–H groups in total. The molecule has 1 aliphatic heterocycles. The van der Waals surface area contributed by atoms with Crippen LogP contribution in [0.2, 0.25) is 5.02 Å². The maximum Gasteiger partial charge on any atom is 0.234 e. The quantitative estimate of drug-likeness (QED) is 0.816. The first kappa shape index (κ1) is 18.2. The third-order valence-electron chi connectivity index (χ3n) is 5.00. The van der Waals surface area contributed by atoms with Gasteiger partial charge >= 0.3 is 0 Å². The van der Waals surface area contributed by atoms with Crippen LogP contribution < -0.4 is 10.6 Å². The number of hydrogen-bond donors (Lipinski definition) is 2. The van der Waals surface area contributed by atoms with Crippen LogP contribution in [0.5, 0.6) is 0 Å². The first-order valence-electron chi connectivity index (χ1n) is 9.09.